The van der Waals surface area contributed by atoms with E-state index < -0.39 is 6.17 Å². The molecule has 1 rings (SSSR count). The predicted molar refractivity (Wildman–Crippen MR) is 59.5 cm³/mol. The zero-order valence-electron chi connectivity index (χ0n) is 8.34. The molecule has 0 N–H and O–H groups in total. The Bertz CT molecular complexity index is 375. The van der Waals surface area contributed by atoms with Gasteiger partial charge in [-0.05, 0) is 24.6 Å². The Balaban J connectivity index is 2.75. The van der Waals surface area contributed by atoms with Crippen molar-refractivity contribution in [1.82, 2.24) is 0 Å². The highest BCUT2D eigenvalue weighted by Crippen LogP contribution is 2.23. The summed E-state index contributed by atoms with van der Waals surface area (Å²) in [6.07, 6.45) is -0.578. The fourth-order valence-corrected chi connectivity index (χ4v) is 1.35. The Hall–Kier alpha value is -1.08. The van der Waals surface area contributed by atoms with E-state index in [4.69, 9.17) is 10.00 Å². The number of nitriles is 1. The molecule has 1 aromatic rings. The number of hydrogen-bond donors (Lipinski definition) is 0. The number of alkyl halides is 1. The van der Waals surface area contributed by atoms with E-state index in [1.54, 1.807) is 25.1 Å². The molecular formula is C11H11BrFNO. The molecule has 0 heterocycles. The first-order valence-electron chi connectivity index (χ1n) is 4.64. The van der Waals surface area contributed by atoms with E-state index >= 15 is 0 Å². The van der Waals surface area contributed by atoms with Crippen LogP contribution in [0.3, 0.4) is 0 Å². The number of ether oxygens (including phenoxy) is 1. The second-order valence-electron chi connectivity index (χ2n) is 3.07. The minimum Gasteiger partial charge on any atom is -0.489 e. The molecule has 0 saturated carbocycles. The highest BCUT2D eigenvalue weighted by Gasteiger charge is 2.08. The topological polar surface area (TPSA) is 33.0 Å². The molecule has 0 amide bonds. The molecule has 0 saturated heterocycles. The van der Waals surface area contributed by atoms with Crippen molar-refractivity contribution >= 4 is 15.9 Å². The van der Waals surface area contributed by atoms with Crippen LogP contribution in [-0.4, -0.2) is 12.8 Å². The maximum atomic E-state index is 12.9. The molecule has 0 aliphatic carbocycles. The summed E-state index contributed by atoms with van der Waals surface area (Å²) in [5.41, 5.74) is 0.418. The lowest BCUT2D eigenvalue weighted by Gasteiger charge is -2.10. The highest BCUT2D eigenvalue weighted by molar-refractivity contribution is 9.10. The van der Waals surface area contributed by atoms with E-state index in [0.29, 0.717) is 17.7 Å². The summed E-state index contributed by atoms with van der Waals surface area (Å²) in [5.74, 6) is 0.419. The summed E-state index contributed by atoms with van der Waals surface area (Å²) >= 11 is 3.27. The van der Waals surface area contributed by atoms with Crippen molar-refractivity contribution in [3.05, 3.63) is 28.2 Å². The van der Waals surface area contributed by atoms with Gasteiger partial charge in [-0.3, -0.25) is 0 Å². The Morgan fingerprint density at radius 3 is 2.93 bits per heavy atom. The zero-order chi connectivity index (χ0) is 11.3. The van der Waals surface area contributed by atoms with Gasteiger partial charge in [0.1, 0.15) is 24.6 Å². The Kier molecular flexibility index (Phi) is 4.57. The Labute approximate surface area is 96.8 Å². The van der Waals surface area contributed by atoms with Gasteiger partial charge in [-0.1, -0.05) is 22.9 Å². The number of hydrogen-bond acceptors (Lipinski definition) is 2. The average molecular weight is 272 g/mol. The minimum atomic E-state index is -0.990. The van der Waals surface area contributed by atoms with Gasteiger partial charge in [0.25, 0.3) is 0 Å². The van der Waals surface area contributed by atoms with Crippen LogP contribution in [0.4, 0.5) is 4.39 Å². The standard InChI is InChI=1S/C11H11BrFNO/c1-2-10(13)7-15-11-5-9(12)4-3-8(11)6-14/h3-5,10H,2,7H2,1H3. The molecule has 15 heavy (non-hydrogen) atoms. The summed E-state index contributed by atoms with van der Waals surface area (Å²) in [5, 5.41) is 8.79. The van der Waals surface area contributed by atoms with Crippen molar-refractivity contribution in [2.75, 3.05) is 6.61 Å². The molecular weight excluding hydrogens is 261 g/mol. The van der Waals surface area contributed by atoms with Crippen molar-refractivity contribution in [3.8, 4) is 11.8 Å². The molecule has 1 aromatic carbocycles. The monoisotopic (exact) mass is 271 g/mol. The van der Waals surface area contributed by atoms with Crippen LogP contribution < -0.4 is 4.74 Å². The Morgan fingerprint density at radius 2 is 2.33 bits per heavy atom. The lowest BCUT2D eigenvalue weighted by Crippen LogP contribution is -2.12. The maximum Gasteiger partial charge on any atom is 0.138 e. The summed E-state index contributed by atoms with van der Waals surface area (Å²) in [7, 11) is 0. The van der Waals surface area contributed by atoms with E-state index in [2.05, 4.69) is 15.9 Å². The van der Waals surface area contributed by atoms with Crippen molar-refractivity contribution in [2.45, 2.75) is 19.5 Å². The highest BCUT2D eigenvalue weighted by atomic mass is 79.9. The minimum absolute atomic E-state index is 0.0123. The molecule has 0 fully saturated rings. The van der Waals surface area contributed by atoms with Gasteiger partial charge in [0, 0.05) is 4.47 Å². The van der Waals surface area contributed by atoms with E-state index in [1.165, 1.54) is 0 Å². The largest absolute Gasteiger partial charge is 0.489 e. The van der Waals surface area contributed by atoms with Crippen molar-refractivity contribution in [3.63, 3.8) is 0 Å². The first-order valence-corrected chi connectivity index (χ1v) is 5.43. The second kappa shape index (κ2) is 5.72. The molecule has 0 aliphatic heterocycles. The SMILES string of the molecule is CCC(F)COc1cc(Br)ccc1C#N. The first kappa shape index (κ1) is 12.0. The van der Waals surface area contributed by atoms with Gasteiger partial charge in [-0.2, -0.15) is 5.26 Å². The fraction of sp³-hybridized carbons (Fsp3) is 0.364. The third-order valence-electron chi connectivity index (χ3n) is 1.93. The van der Waals surface area contributed by atoms with Crippen LogP contribution in [0.2, 0.25) is 0 Å². The number of rotatable bonds is 4. The molecule has 80 valence electrons. The van der Waals surface area contributed by atoms with Crippen molar-refractivity contribution in [1.29, 1.82) is 5.26 Å². The molecule has 4 heteroatoms. The summed E-state index contributed by atoms with van der Waals surface area (Å²) in [6.45, 7) is 1.74. The molecule has 0 aliphatic rings. The van der Waals surface area contributed by atoms with Crippen molar-refractivity contribution < 1.29 is 9.13 Å². The molecule has 1 unspecified atom stereocenters. The number of halogens is 2. The van der Waals surface area contributed by atoms with Gasteiger partial charge in [0.05, 0.1) is 5.56 Å². The lowest BCUT2D eigenvalue weighted by atomic mass is 10.2. The van der Waals surface area contributed by atoms with Crippen LogP contribution in [0, 0.1) is 11.3 Å². The van der Waals surface area contributed by atoms with E-state index in [-0.39, 0.29) is 6.61 Å². The summed E-state index contributed by atoms with van der Waals surface area (Å²) in [4.78, 5) is 0. The van der Waals surface area contributed by atoms with E-state index in [9.17, 15) is 4.39 Å². The van der Waals surface area contributed by atoms with Gasteiger partial charge < -0.3 is 4.74 Å². The predicted octanol–water partition coefficient (Wildman–Crippen LogP) is 3.45. The van der Waals surface area contributed by atoms with Crippen LogP contribution in [0.25, 0.3) is 0 Å². The quantitative estimate of drug-likeness (QED) is 0.841. The number of benzene rings is 1. The van der Waals surface area contributed by atoms with Crippen LogP contribution in [-0.2, 0) is 0 Å². The Morgan fingerprint density at radius 1 is 1.60 bits per heavy atom. The third-order valence-corrected chi connectivity index (χ3v) is 2.42. The molecule has 0 bridgehead atoms. The number of nitrogens with zero attached hydrogens (tertiary/aromatic N) is 1. The summed E-state index contributed by atoms with van der Waals surface area (Å²) in [6, 6.07) is 7.05. The van der Waals surface area contributed by atoms with E-state index in [1.807, 2.05) is 6.07 Å². The van der Waals surface area contributed by atoms with Crippen LogP contribution in [0.5, 0.6) is 5.75 Å². The average Bonchev–Trinajstić information content (AvgIpc) is 2.26. The van der Waals surface area contributed by atoms with Crippen molar-refractivity contribution in [2.24, 2.45) is 0 Å². The fourth-order valence-electron chi connectivity index (χ4n) is 1.01. The molecule has 0 spiro atoms. The normalized spacial score (nSPS) is 11.9. The van der Waals surface area contributed by atoms with Gasteiger partial charge in [0.15, 0.2) is 0 Å². The smallest absolute Gasteiger partial charge is 0.138 e. The molecule has 0 aromatic heterocycles. The van der Waals surface area contributed by atoms with Crippen LogP contribution in [0.1, 0.15) is 18.9 Å². The maximum absolute atomic E-state index is 12.9. The van der Waals surface area contributed by atoms with Gasteiger partial charge in [-0.25, -0.2) is 4.39 Å². The van der Waals surface area contributed by atoms with Gasteiger partial charge in [-0.15, -0.1) is 0 Å². The molecule has 0 radical (unpaired) electrons. The zero-order valence-corrected chi connectivity index (χ0v) is 9.92. The summed E-state index contributed by atoms with van der Waals surface area (Å²) < 4.78 is 19.0. The van der Waals surface area contributed by atoms with Crippen LogP contribution >= 0.6 is 15.9 Å². The second-order valence-corrected chi connectivity index (χ2v) is 3.98. The third kappa shape index (κ3) is 3.52. The molecule has 1 atom stereocenters. The van der Waals surface area contributed by atoms with Gasteiger partial charge in [0.2, 0.25) is 0 Å². The van der Waals surface area contributed by atoms with Gasteiger partial charge >= 0.3 is 0 Å². The van der Waals surface area contributed by atoms with Crippen LogP contribution in [0.15, 0.2) is 22.7 Å². The molecule has 2 nitrogen and oxygen atoms in total. The first-order chi connectivity index (χ1) is 7.17. The lowest BCUT2D eigenvalue weighted by molar-refractivity contribution is 0.191. The van der Waals surface area contributed by atoms with E-state index in [0.717, 1.165) is 4.47 Å².